The second kappa shape index (κ2) is 9.91. The van der Waals surface area contributed by atoms with E-state index in [-0.39, 0.29) is 24.0 Å². The molecule has 0 radical (unpaired) electrons. The third-order valence-electron chi connectivity index (χ3n) is 6.51. The maximum Gasteiger partial charge on any atom is 0.416 e. The van der Waals surface area contributed by atoms with E-state index in [4.69, 9.17) is 0 Å². The Morgan fingerprint density at radius 1 is 1.14 bits per heavy atom. The van der Waals surface area contributed by atoms with Crippen LogP contribution in [0, 0.1) is 5.92 Å². The summed E-state index contributed by atoms with van der Waals surface area (Å²) in [6.07, 6.45) is -3.64. The summed E-state index contributed by atoms with van der Waals surface area (Å²) < 4.78 is 43.8. The van der Waals surface area contributed by atoms with Crippen molar-refractivity contribution in [1.29, 1.82) is 0 Å². The molecule has 6 nitrogen and oxygen atoms in total. The highest BCUT2D eigenvalue weighted by molar-refractivity contribution is 7.18. The molecule has 0 bridgehead atoms. The summed E-state index contributed by atoms with van der Waals surface area (Å²) in [6.45, 7) is 5.98. The Labute approximate surface area is 205 Å². The minimum atomic E-state index is -4.49. The van der Waals surface area contributed by atoms with Gasteiger partial charge in [0.1, 0.15) is 4.83 Å². The molecule has 0 atom stereocenters. The first-order valence-corrected chi connectivity index (χ1v) is 12.6. The Bertz CT molecular complexity index is 1330. The summed E-state index contributed by atoms with van der Waals surface area (Å²) in [5, 5.41) is 10.3. The third kappa shape index (κ3) is 5.24. The van der Waals surface area contributed by atoms with Gasteiger partial charge in [0.05, 0.1) is 17.1 Å². The summed E-state index contributed by atoms with van der Waals surface area (Å²) in [7, 11) is 1.44. The van der Waals surface area contributed by atoms with E-state index in [2.05, 4.69) is 4.90 Å². The standard InChI is InChI=1S/C25H30F3N3O3S/c1-15(2)13-31-23-21(22(33)29(3)24(31)34)18(14-30-10-8-17(32)9-11-30)20(35-23)12-16-6-4-5-7-19(16)25(26,27)28/h4-7,15,17,32H,8-14H2,1-3H3. The first-order valence-electron chi connectivity index (χ1n) is 11.8. The zero-order valence-electron chi connectivity index (χ0n) is 20.1. The number of aromatic nitrogens is 2. The number of rotatable bonds is 6. The maximum absolute atomic E-state index is 13.7. The van der Waals surface area contributed by atoms with E-state index in [1.165, 1.54) is 30.5 Å². The summed E-state index contributed by atoms with van der Waals surface area (Å²) in [6, 6.07) is 5.49. The fraction of sp³-hybridized carbons (Fsp3) is 0.520. The molecule has 10 heteroatoms. The molecule has 1 saturated heterocycles. The van der Waals surface area contributed by atoms with E-state index in [9.17, 15) is 27.9 Å². The van der Waals surface area contributed by atoms with E-state index in [1.54, 1.807) is 10.6 Å². The van der Waals surface area contributed by atoms with Crippen molar-refractivity contribution >= 4 is 21.6 Å². The summed E-state index contributed by atoms with van der Waals surface area (Å²) in [5.74, 6) is 0.136. The summed E-state index contributed by atoms with van der Waals surface area (Å²) >= 11 is 1.24. The number of aliphatic hydroxyl groups excluding tert-OH is 1. The fourth-order valence-corrected chi connectivity index (χ4v) is 6.02. The lowest BCUT2D eigenvalue weighted by molar-refractivity contribution is -0.138. The minimum absolute atomic E-state index is 0.0137. The number of hydrogen-bond donors (Lipinski definition) is 1. The van der Waals surface area contributed by atoms with Crippen LogP contribution < -0.4 is 11.2 Å². The predicted molar refractivity (Wildman–Crippen MR) is 131 cm³/mol. The largest absolute Gasteiger partial charge is 0.416 e. The Morgan fingerprint density at radius 3 is 2.43 bits per heavy atom. The van der Waals surface area contributed by atoms with Gasteiger partial charge in [-0.3, -0.25) is 18.8 Å². The van der Waals surface area contributed by atoms with Gasteiger partial charge < -0.3 is 5.11 Å². The number of aliphatic hydroxyl groups is 1. The number of halogens is 3. The number of nitrogens with zero attached hydrogens (tertiary/aromatic N) is 3. The molecule has 2 aromatic heterocycles. The molecule has 1 aliphatic rings. The van der Waals surface area contributed by atoms with Crippen molar-refractivity contribution in [1.82, 2.24) is 14.0 Å². The third-order valence-corrected chi connectivity index (χ3v) is 7.77. The van der Waals surface area contributed by atoms with Crippen LogP contribution in [0.4, 0.5) is 13.2 Å². The summed E-state index contributed by atoms with van der Waals surface area (Å²) in [5.41, 5.74) is -0.735. The smallest absolute Gasteiger partial charge is 0.393 e. The van der Waals surface area contributed by atoms with Crippen molar-refractivity contribution in [3.05, 3.63) is 66.7 Å². The van der Waals surface area contributed by atoms with Gasteiger partial charge in [-0.2, -0.15) is 13.2 Å². The molecule has 3 aromatic rings. The van der Waals surface area contributed by atoms with Gasteiger partial charge >= 0.3 is 11.9 Å². The van der Waals surface area contributed by atoms with Crippen LogP contribution >= 0.6 is 11.3 Å². The van der Waals surface area contributed by atoms with E-state index < -0.39 is 23.0 Å². The molecular formula is C25H30F3N3O3S. The lowest BCUT2D eigenvalue weighted by Crippen LogP contribution is -2.39. The van der Waals surface area contributed by atoms with E-state index in [0.29, 0.717) is 59.7 Å². The number of hydrogen-bond acceptors (Lipinski definition) is 5. The monoisotopic (exact) mass is 509 g/mol. The second-order valence-electron chi connectivity index (χ2n) is 9.67. The number of alkyl halides is 3. The van der Waals surface area contributed by atoms with Crippen LogP contribution in [0.2, 0.25) is 0 Å². The molecule has 1 fully saturated rings. The molecule has 0 saturated carbocycles. The molecule has 0 unspecified atom stereocenters. The van der Waals surface area contributed by atoms with Gasteiger partial charge in [-0.1, -0.05) is 32.0 Å². The van der Waals surface area contributed by atoms with Gasteiger partial charge in [-0.25, -0.2) is 4.79 Å². The predicted octanol–water partition coefficient (Wildman–Crippen LogP) is 3.98. The van der Waals surface area contributed by atoms with Crippen molar-refractivity contribution in [2.75, 3.05) is 13.1 Å². The minimum Gasteiger partial charge on any atom is -0.393 e. The van der Waals surface area contributed by atoms with Gasteiger partial charge in [-0.15, -0.1) is 11.3 Å². The van der Waals surface area contributed by atoms with Crippen LogP contribution in [-0.2, 0) is 32.7 Å². The quantitative estimate of drug-likeness (QED) is 0.546. The van der Waals surface area contributed by atoms with Gasteiger partial charge in [0.25, 0.3) is 5.56 Å². The fourth-order valence-electron chi connectivity index (χ4n) is 4.69. The molecule has 1 aliphatic heterocycles. The van der Waals surface area contributed by atoms with Crippen LogP contribution in [-0.4, -0.2) is 38.3 Å². The number of likely N-dealkylation sites (tertiary alicyclic amines) is 1. The van der Waals surface area contributed by atoms with Crippen molar-refractivity contribution in [2.45, 2.75) is 58.5 Å². The van der Waals surface area contributed by atoms with Gasteiger partial charge in [0.15, 0.2) is 0 Å². The van der Waals surface area contributed by atoms with Gasteiger partial charge in [0.2, 0.25) is 0 Å². The first kappa shape index (κ1) is 25.7. The number of benzene rings is 1. The van der Waals surface area contributed by atoms with Crippen molar-refractivity contribution in [2.24, 2.45) is 13.0 Å². The molecule has 0 spiro atoms. The van der Waals surface area contributed by atoms with Crippen molar-refractivity contribution < 1.29 is 18.3 Å². The highest BCUT2D eigenvalue weighted by Crippen LogP contribution is 2.37. The number of thiophene rings is 1. The number of fused-ring (bicyclic) bond motifs is 1. The molecule has 3 heterocycles. The maximum atomic E-state index is 13.7. The van der Waals surface area contributed by atoms with Crippen LogP contribution in [0.1, 0.15) is 48.3 Å². The zero-order valence-corrected chi connectivity index (χ0v) is 20.9. The van der Waals surface area contributed by atoms with Gasteiger partial charge in [0, 0.05) is 44.5 Å². The summed E-state index contributed by atoms with van der Waals surface area (Å²) in [4.78, 5) is 29.6. The van der Waals surface area contributed by atoms with E-state index >= 15 is 0 Å². The normalized spacial score (nSPS) is 16.0. The van der Waals surface area contributed by atoms with Crippen LogP contribution in [0.3, 0.4) is 0 Å². The average Bonchev–Trinajstić information content (AvgIpc) is 3.14. The van der Waals surface area contributed by atoms with Crippen LogP contribution in [0.15, 0.2) is 33.9 Å². The second-order valence-corrected chi connectivity index (χ2v) is 10.8. The van der Waals surface area contributed by atoms with E-state index in [0.717, 1.165) is 10.6 Å². The van der Waals surface area contributed by atoms with Gasteiger partial charge in [-0.05, 0) is 36.0 Å². The highest BCUT2D eigenvalue weighted by atomic mass is 32.1. The molecule has 0 aliphatic carbocycles. The van der Waals surface area contributed by atoms with Crippen molar-refractivity contribution in [3.8, 4) is 0 Å². The average molecular weight is 510 g/mol. The molecular weight excluding hydrogens is 479 g/mol. The molecule has 35 heavy (non-hydrogen) atoms. The molecule has 0 amide bonds. The molecule has 1 aromatic carbocycles. The Morgan fingerprint density at radius 2 is 1.80 bits per heavy atom. The Balaban J connectivity index is 1.91. The van der Waals surface area contributed by atoms with Crippen LogP contribution in [0.25, 0.3) is 10.2 Å². The molecule has 190 valence electrons. The van der Waals surface area contributed by atoms with E-state index in [1.807, 2.05) is 13.8 Å². The Kier molecular flexibility index (Phi) is 7.26. The Hall–Kier alpha value is -2.43. The molecule has 4 rings (SSSR count). The first-order chi connectivity index (χ1) is 16.5. The highest BCUT2D eigenvalue weighted by Gasteiger charge is 2.33. The lowest BCUT2D eigenvalue weighted by atomic mass is 10.00. The zero-order chi connectivity index (χ0) is 25.5. The number of piperidine rings is 1. The molecule has 1 N–H and O–H groups in total. The van der Waals surface area contributed by atoms with Crippen LogP contribution in [0.5, 0.6) is 0 Å². The van der Waals surface area contributed by atoms with Crippen molar-refractivity contribution in [3.63, 3.8) is 0 Å². The topological polar surface area (TPSA) is 67.5 Å². The SMILES string of the molecule is CC(C)Cn1c(=O)n(C)c(=O)c2c(CN3CCC(O)CC3)c(Cc3ccccc3C(F)(F)F)sc21. The lowest BCUT2D eigenvalue weighted by Gasteiger charge is -2.29.